The highest BCUT2D eigenvalue weighted by molar-refractivity contribution is 5.91. The van der Waals surface area contributed by atoms with Crippen LogP contribution in [0.1, 0.15) is 92.4 Å². The SMILES string of the molecule is CC(=O)O[C@H]1C[C@]2(C)C3CCC4CCCC[C@]4(C)[C@@H]3CC[C@H]2/C1=C(\C=C\C=C(C)C)C(=O)O. The molecule has 0 bridgehead atoms. The number of aliphatic carboxylic acids is 1. The summed E-state index contributed by atoms with van der Waals surface area (Å²) in [6.07, 6.45) is 15.9. The first kappa shape index (κ1) is 24.3. The van der Waals surface area contributed by atoms with E-state index in [-0.39, 0.29) is 17.3 Å². The number of allylic oxidation sites excluding steroid dienone is 3. The molecule has 0 radical (unpaired) electrons. The van der Waals surface area contributed by atoms with Gasteiger partial charge in [-0.1, -0.05) is 44.4 Å². The molecule has 0 aromatic rings. The van der Waals surface area contributed by atoms with Crippen LogP contribution in [0.25, 0.3) is 0 Å². The van der Waals surface area contributed by atoms with E-state index in [0.29, 0.717) is 22.8 Å². The molecular formula is C29H42O4. The van der Waals surface area contributed by atoms with Gasteiger partial charge in [0.1, 0.15) is 6.10 Å². The molecule has 1 N–H and O–H groups in total. The molecule has 182 valence electrons. The summed E-state index contributed by atoms with van der Waals surface area (Å²) in [5, 5.41) is 10.2. The predicted octanol–water partition coefficient (Wildman–Crippen LogP) is 6.86. The summed E-state index contributed by atoms with van der Waals surface area (Å²) in [4.78, 5) is 24.5. The molecule has 7 atom stereocenters. The minimum atomic E-state index is -0.921. The third kappa shape index (κ3) is 4.23. The maximum Gasteiger partial charge on any atom is 0.335 e. The van der Waals surface area contributed by atoms with Crippen molar-refractivity contribution in [3.63, 3.8) is 0 Å². The number of carboxylic acids is 1. The van der Waals surface area contributed by atoms with Gasteiger partial charge < -0.3 is 9.84 Å². The van der Waals surface area contributed by atoms with Crippen LogP contribution in [0.4, 0.5) is 0 Å². The summed E-state index contributed by atoms with van der Waals surface area (Å²) < 4.78 is 5.84. The number of fused-ring (bicyclic) bond motifs is 5. The quantitative estimate of drug-likeness (QED) is 0.286. The zero-order chi connectivity index (χ0) is 24.0. The van der Waals surface area contributed by atoms with Gasteiger partial charge in [-0.15, -0.1) is 0 Å². The third-order valence-corrected chi connectivity index (χ3v) is 9.91. The zero-order valence-electron chi connectivity index (χ0n) is 21.2. The number of carbonyl (C=O) groups excluding carboxylic acids is 1. The van der Waals surface area contributed by atoms with Crippen LogP contribution in [-0.2, 0) is 14.3 Å². The average Bonchev–Trinajstić information content (AvgIpc) is 3.01. The van der Waals surface area contributed by atoms with Gasteiger partial charge in [0.2, 0.25) is 0 Å². The van der Waals surface area contributed by atoms with Crippen LogP contribution in [0.15, 0.2) is 34.9 Å². The first-order valence-corrected chi connectivity index (χ1v) is 13.0. The standard InChI is InChI=1S/C29H42O4/c1-18(2)9-8-11-21(27(31)32)26-24-15-14-22-23(29(24,5)17-25(26)33-19(3)30)13-12-20-10-6-7-16-28(20,22)4/h8-9,11,20,22-25H,6-7,10,12-17H2,1-5H3,(H,31,32)/b11-8+,26-21-/t20?,22-,23?,24+,25+,28+,29-/m1/s1. The van der Waals surface area contributed by atoms with Crippen molar-refractivity contribution in [2.45, 2.75) is 98.5 Å². The Kier molecular flexibility index (Phi) is 6.68. The van der Waals surface area contributed by atoms with E-state index in [2.05, 4.69) is 13.8 Å². The lowest BCUT2D eigenvalue weighted by molar-refractivity contribution is -0.146. The fourth-order valence-corrected chi connectivity index (χ4v) is 8.52. The number of esters is 1. The first-order valence-electron chi connectivity index (χ1n) is 13.0. The lowest BCUT2D eigenvalue weighted by atomic mass is 9.44. The van der Waals surface area contributed by atoms with E-state index in [4.69, 9.17) is 4.74 Å². The van der Waals surface area contributed by atoms with Crippen molar-refractivity contribution in [2.24, 2.45) is 34.5 Å². The Morgan fingerprint density at radius 1 is 0.970 bits per heavy atom. The average molecular weight is 455 g/mol. The highest BCUT2D eigenvalue weighted by Gasteiger charge is 2.62. The van der Waals surface area contributed by atoms with E-state index >= 15 is 0 Å². The number of carboxylic acid groups (broad SMARTS) is 1. The minimum Gasteiger partial charge on any atom is -0.478 e. The molecule has 4 fully saturated rings. The Balaban J connectivity index is 1.76. The van der Waals surface area contributed by atoms with Gasteiger partial charge in [0.15, 0.2) is 0 Å². The highest BCUT2D eigenvalue weighted by Crippen LogP contribution is 2.68. The predicted molar refractivity (Wildman–Crippen MR) is 131 cm³/mol. The van der Waals surface area contributed by atoms with E-state index in [1.54, 1.807) is 6.08 Å². The van der Waals surface area contributed by atoms with Crippen molar-refractivity contribution in [3.05, 3.63) is 34.9 Å². The highest BCUT2D eigenvalue weighted by atomic mass is 16.5. The van der Waals surface area contributed by atoms with Gasteiger partial charge in [-0.05, 0) is 105 Å². The molecule has 0 aliphatic heterocycles. The van der Waals surface area contributed by atoms with Crippen molar-refractivity contribution in [1.82, 2.24) is 0 Å². The summed E-state index contributed by atoms with van der Waals surface area (Å²) in [6, 6.07) is 0. The van der Waals surface area contributed by atoms with Crippen LogP contribution < -0.4 is 0 Å². The molecule has 4 rings (SSSR count). The van der Waals surface area contributed by atoms with E-state index < -0.39 is 12.1 Å². The van der Waals surface area contributed by atoms with E-state index in [0.717, 1.165) is 29.9 Å². The third-order valence-electron chi connectivity index (χ3n) is 9.91. The van der Waals surface area contributed by atoms with Crippen molar-refractivity contribution in [2.75, 3.05) is 0 Å². The Morgan fingerprint density at radius 3 is 2.33 bits per heavy atom. The maximum atomic E-state index is 12.4. The molecule has 2 unspecified atom stereocenters. The van der Waals surface area contributed by atoms with Crippen LogP contribution in [0, 0.1) is 34.5 Å². The van der Waals surface area contributed by atoms with Gasteiger partial charge in [0.25, 0.3) is 0 Å². The molecule has 0 saturated heterocycles. The van der Waals surface area contributed by atoms with Crippen LogP contribution in [0.2, 0.25) is 0 Å². The number of rotatable bonds is 4. The van der Waals surface area contributed by atoms with E-state index in [1.165, 1.54) is 51.9 Å². The summed E-state index contributed by atoms with van der Waals surface area (Å²) in [5.41, 5.74) is 2.69. The van der Waals surface area contributed by atoms with Gasteiger partial charge in [-0.3, -0.25) is 4.79 Å². The number of hydrogen-bond acceptors (Lipinski definition) is 3. The zero-order valence-corrected chi connectivity index (χ0v) is 21.2. The first-order chi connectivity index (χ1) is 15.6. The smallest absolute Gasteiger partial charge is 0.335 e. The Labute approximate surface area is 199 Å². The second kappa shape index (κ2) is 9.07. The molecular weight excluding hydrogens is 412 g/mol. The van der Waals surface area contributed by atoms with Crippen LogP contribution in [0.5, 0.6) is 0 Å². The second-order valence-corrected chi connectivity index (χ2v) is 12.0. The van der Waals surface area contributed by atoms with Crippen LogP contribution in [0.3, 0.4) is 0 Å². The van der Waals surface area contributed by atoms with Crippen LogP contribution >= 0.6 is 0 Å². The summed E-state index contributed by atoms with van der Waals surface area (Å²) in [6.45, 7) is 10.4. The van der Waals surface area contributed by atoms with Gasteiger partial charge in [0.05, 0.1) is 5.57 Å². The number of ether oxygens (including phenoxy) is 1. The van der Waals surface area contributed by atoms with Gasteiger partial charge in [0, 0.05) is 6.92 Å². The lowest BCUT2D eigenvalue weighted by Gasteiger charge is -2.61. The van der Waals surface area contributed by atoms with Crippen molar-refractivity contribution in [1.29, 1.82) is 0 Å². The molecule has 4 heteroatoms. The lowest BCUT2D eigenvalue weighted by Crippen LogP contribution is -2.53. The largest absolute Gasteiger partial charge is 0.478 e. The fourth-order valence-electron chi connectivity index (χ4n) is 8.52. The number of hydrogen-bond donors (Lipinski definition) is 1. The van der Waals surface area contributed by atoms with Crippen LogP contribution in [-0.4, -0.2) is 23.1 Å². The second-order valence-electron chi connectivity index (χ2n) is 12.0. The van der Waals surface area contributed by atoms with Gasteiger partial charge >= 0.3 is 11.9 Å². The van der Waals surface area contributed by atoms with Crippen molar-refractivity contribution < 1.29 is 19.4 Å². The molecule has 0 spiro atoms. The molecule has 0 heterocycles. The molecule has 4 aliphatic carbocycles. The summed E-state index contributed by atoms with van der Waals surface area (Å²) in [7, 11) is 0. The molecule has 4 saturated carbocycles. The molecule has 33 heavy (non-hydrogen) atoms. The van der Waals surface area contributed by atoms with E-state index in [1.807, 2.05) is 26.0 Å². The fraction of sp³-hybridized carbons (Fsp3) is 0.724. The van der Waals surface area contributed by atoms with Gasteiger partial charge in [-0.2, -0.15) is 0 Å². The van der Waals surface area contributed by atoms with E-state index in [9.17, 15) is 14.7 Å². The Bertz CT molecular complexity index is 891. The van der Waals surface area contributed by atoms with Gasteiger partial charge in [-0.25, -0.2) is 4.79 Å². The molecule has 0 amide bonds. The summed E-state index contributed by atoms with van der Waals surface area (Å²) in [5.74, 6) is 1.03. The Morgan fingerprint density at radius 2 is 1.67 bits per heavy atom. The minimum absolute atomic E-state index is 0.0190. The number of carbonyl (C=O) groups is 2. The molecule has 4 aliphatic rings. The Hall–Kier alpha value is -1.84. The molecule has 0 aromatic heterocycles. The normalized spacial score (nSPS) is 41.5. The summed E-state index contributed by atoms with van der Waals surface area (Å²) >= 11 is 0. The molecule has 0 aromatic carbocycles. The maximum absolute atomic E-state index is 12.4. The van der Waals surface area contributed by atoms with Crippen molar-refractivity contribution >= 4 is 11.9 Å². The van der Waals surface area contributed by atoms with Crippen molar-refractivity contribution in [3.8, 4) is 0 Å². The monoisotopic (exact) mass is 454 g/mol. The molecule has 4 nitrogen and oxygen atoms in total. The topological polar surface area (TPSA) is 63.6 Å².